The minimum absolute atomic E-state index is 0.219. The smallest absolute Gasteiger partial charge is 0.231 e. The Morgan fingerprint density at radius 2 is 2.28 bits per heavy atom. The molecule has 3 nitrogen and oxygen atoms in total. The summed E-state index contributed by atoms with van der Waals surface area (Å²) in [5.74, 6) is 0.219. The van der Waals surface area contributed by atoms with Gasteiger partial charge in [-0.05, 0) is 43.9 Å². The maximum Gasteiger partial charge on any atom is 0.231 e. The summed E-state index contributed by atoms with van der Waals surface area (Å²) < 4.78 is 0. The number of amides is 1. The molecule has 18 heavy (non-hydrogen) atoms. The Hall–Kier alpha value is -1.35. The highest BCUT2D eigenvalue weighted by molar-refractivity contribution is 6.02. The predicted molar refractivity (Wildman–Crippen MR) is 73.0 cm³/mol. The van der Waals surface area contributed by atoms with E-state index in [1.165, 1.54) is 35.2 Å². The average molecular weight is 244 g/mol. The summed E-state index contributed by atoms with van der Waals surface area (Å²) in [4.78, 5) is 13.7. The van der Waals surface area contributed by atoms with E-state index < -0.39 is 0 Å². The van der Waals surface area contributed by atoms with Gasteiger partial charge in [0.25, 0.3) is 0 Å². The number of benzene rings is 1. The van der Waals surface area contributed by atoms with Crippen LogP contribution in [0.4, 0.5) is 5.69 Å². The Balaban J connectivity index is 1.96. The van der Waals surface area contributed by atoms with Gasteiger partial charge in [0.1, 0.15) is 0 Å². The van der Waals surface area contributed by atoms with Crippen LogP contribution >= 0.6 is 0 Å². The van der Waals surface area contributed by atoms with E-state index >= 15 is 0 Å². The van der Waals surface area contributed by atoms with Crippen molar-refractivity contribution < 1.29 is 4.79 Å². The number of carbonyl (C=O) groups excluding carboxylic acids is 1. The minimum atomic E-state index is 0.219. The third-order valence-electron chi connectivity index (χ3n) is 4.09. The molecular formula is C15H20N2O. The lowest BCUT2D eigenvalue weighted by Crippen LogP contribution is -2.26. The summed E-state index contributed by atoms with van der Waals surface area (Å²) >= 11 is 0. The van der Waals surface area contributed by atoms with Crippen LogP contribution in [0.25, 0.3) is 0 Å². The molecule has 3 heteroatoms. The molecule has 0 aliphatic carbocycles. The second-order valence-corrected chi connectivity index (χ2v) is 5.56. The molecule has 0 bridgehead atoms. The second-order valence-electron chi connectivity index (χ2n) is 5.56. The molecule has 1 atom stereocenters. The van der Waals surface area contributed by atoms with Gasteiger partial charge in [0, 0.05) is 13.1 Å². The lowest BCUT2D eigenvalue weighted by molar-refractivity contribution is -0.117. The molecule has 0 radical (unpaired) electrons. The molecule has 2 aliphatic rings. The Labute approximate surface area is 108 Å². The van der Waals surface area contributed by atoms with Crippen molar-refractivity contribution in [1.82, 2.24) is 5.32 Å². The molecular weight excluding hydrogens is 224 g/mol. The molecule has 96 valence electrons. The van der Waals surface area contributed by atoms with Crippen LogP contribution in [0.3, 0.4) is 0 Å². The highest BCUT2D eigenvalue weighted by Gasteiger charge is 2.28. The van der Waals surface area contributed by atoms with Crippen LogP contribution in [0.1, 0.15) is 29.5 Å². The standard InChI is InChI=1S/C15H20N2O/c1-10-6-11(8-13-4-3-5-16-13)15-12(7-10)9-14(18)17(15)2/h6-7,13,16H,3-5,8-9H2,1-2H3. The van der Waals surface area contributed by atoms with Crippen LogP contribution in [-0.2, 0) is 17.6 Å². The molecule has 1 unspecified atom stereocenters. The molecule has 1 aromatic carbocycles. The van der Waals surface area contributed by atoms with Gasteiger partial charge < -0.3 is 10.2 Å². The number of carbonyl (C=O) groups is 1. The van der Waals surface area contributed by atoms with Crippen molar-refractivity contribution in [2.75, 3.05) is 18.5 Å². The van der Waals surface area contributed by atoms with E-state index in [1.807, 2.05) is 11.9 Å². The van der Waals surface area contributed by atoms with Gasteiger partial charge in [-0.25, -0.2) is 0 Å². The number of rotatable bonds is 2. The zero-order chi connectivity index (χ0) is 12.7. The van der Waals surface area contributed by atoms with Gasteiger partial charge in [-0.2, -0.15) is 0 Å². The normalized spacial score (nSPS) is 22.7. The third kappa shape index (κ3) is 1.93. The molecule has 1 N–H and O–H groups in total. The lowest BCUT2D eigenvalue weighted by Gasteiger charge is -2.19. The number of fused-ring (bicyclic) bond motifs is 1. The van der Waals surface area contributed by atoms with Crippen molar-refractivity contribution in [3.8, 4) is 0 Å². The summed E-state index contributed by atoms with van der Waals surface area (Å²) in [5.41, 5.74) is 4.97. The summed E-state index contributed by atoms with van der Waals surface area (Å²) in [7, 11) is 1.90. The van der Waals surface area contributed by atoms with Gasteiger partial charge in [0.05, 0.1) is 12.1 Å². The number of hydrogen-bond acceptors (Lipinski definition) is 2. The van der Waals surface area contributed by atoms with Crippen LogP contribution < -0.4 is 10.2 Å². The average Bonchev–Trinajstić information content (AvgIpc) is 2.89. The highest BCUT2D eigenvalue weighted by Crippen LogP contribution is 2.34. The maximum absolute atomic E-state index is 11.8. The lowest BCUT2D eigenvalue weighted by atomic mass is 9.97. The zero-order valence-electron chi connectivity index (χ0n) is 11.1. The van der Waals surface area contributed by atoms with Gasteiger partial charge in [0.15, 0.2) is 0 Å². The number of nitrogens with zero attached hydrogens (tertiary/aromatic N) is 1. The summed E-state index contributed by atoms with van der Waals surface area (Å²) in [6.07, 6.45) is 4.13. The first-order valence-corrected chi connectivity index (χ1v) is 6.77. The quantitative estimate of drug-likeness (QED) is 0.860. The first kappa shape index (κ1) is 11.7. The van der Waals surface area contributed by atoms with Crippen LogP contribution in [-0.4, -0.2) is 25.5 Å². The fraction of sp³-hybridized carbons (Fsp3) is 0.533. The zero-order valence-corrected chi connectivity index (χ0v) is 11.1. The third-order valence-corrected chi connectivity index (χ3v) is 4.09. The van der Waals surface area contributed by atoms with Gasteiger partial charge >= 0.3 is 0 Å². The van der Waals surface area contributed by atoms with E-state index in [-0.39, 0.29) is 5.91 Å². The van der Waals surface area contributed by atoms with Gasteiger partial charge in [-0.1, -0.05) is 17.7 Å². The van der Waals surface area contributed by atoms with E-state index in [4.69, 9.17) is 0 Å². The first-order chi connectivity index (χ1) is 8.65. The molecule has 1 aromatic rings. The largest absolute Gasteiger partial charge is 0.315 e. The summed E-state index contributed by atoms with van der Waals surface area (Å²) in [5, 5.41) is 3.54. The number of nitrogens with one attached hydrogen (secondary N) is 1. The summed E-state index contributed by atoms with van der Waals surface area (Å²) in [6.45, 7) is 3.25. The SMILES string of the molecule is Cc1cc2c(c(CC3CCCN3)c1)N(C)C(=O)C2. The van der Waals surface area contributed by atoms with Crippen molar-refractivity contribution in [3.63, 3.8) is 0 Å². The molecule has 0 spiro atoms. The number of anilines is 1. The van der Waals surface area contributed by atoms with Crippen LogP contribution in [0, 0.1) is 6.92 Å². The van der Waals surface area contributed by atoms with Gasteiger partial charge in [-0.3, -0.25) is 4.79 Å². The fourth-order valence-electron chi connectivity index (χ4n) is 3.26. The van der Waals surface area contributed by atoms with Crippen LogP contribution in [0.15, 0.2) is 12.1 Å². The molecule has 1 fully saturated rings. The van der Waals surface area contributed by atoms with E-state index in [2.05, 4.69) is 24.4 Å². The van der Waals surface area contributed by atoms with Gasteiger partial charge in [-0.15, -0.1) is 0 Å². The van der Waals surface area contributed by atoms with Gasteiger partial charge in [0.2, 0.25) is 5.91 Å². The molecule has 1 amide bonds. The Morgan fingerprint density at radius 3 is 3.00 bits per heavy atom. The number of aryl methyl sites for hydroxylation is 1. The van der Waals surface area contributed by atoms with Crippen molar-refractivity contribution in [3.05, 3.63) is 28.8 Å². The monoisotopic (exact) mass is 244 g/mol. The second kappa shape index (κ2) is 4.39. The predicted octanol–water partition coefficient (Wildman–Crippen LogP) is 1.81. The topological polar surface area (TPSA) is 32.3 Å². The first-order valence-electron chi connectivity index (χ1n) is 6.77. The van der Waals surface area contributed by atoms with E-state index in [0.717, 1.165) is 13.0 Å². The Morgan fingerprint density at radius 1 is 1.44 bits per heavy atom. The van der Waals surface area contributed by atoms with E-state index in [1.54, 1.807) is 0 Å². The van der Waals surface area contributed by atoms with E-state index in [9.17, 15) is 4.79 Å². The molecule has 0 aromatic heterocycles. The molecule has 2 aliphatic heterocycles. The van der Waals surface area contributed by atoms with E-state index in [0.29, 0.717) is 12.5 Å². The number of hydrogen-bond donors (Lipinski definition) is 1. The number of likely N-dealkylation sites (N-methyl/N-ethyl adjacent to an activating group) is 1. The van der Waals surface area contributed by atoms with Crippen LogP contribution in [0.5, 0.6) is 0 Å². The van der Waals surface area contributed by atoms with Crippen molar-refractivity contribution in [2.45, 2.75) is 38.6 Å². The highest BCUT2D eigenvalue weighted by atomic mass is 16.2. The molecule has 0 saturated carbocycles. The molecule has 2 heterocycles. The fourth-order valence-corrected chi connectivity index (χ4v) is 3.26. The Bertz CT molecular complexity index is 490. The Kier molecular flexibility index (Phi) is 2.86. The van der Waals surface area contributed by atoms with Crippen molar-refractivity contribution in [1.29, 1.82) is 0 Å². The van der Waals surface area contributed by atoms with Crippen molar-refractivity contribution in [2.24, 2.45) is 0 Å². The maximum atomic E-state index is 11.8. The molecule has 1 saturated heterocycles. The summed E-state index contributed by atoms with van der Waals surface area (Å²) in [6, 6.07) is 4.98. The van der Waals surface area contributed by atoms with Crippen molar-refractivity contribution >= 4 is 11.6 Å². The minimum Gasteiger partial charge on any atom is -0.315 e. The molecule has 3 rings (SSSR count). The van der Waals surface area contributed by atoms with Crippen LogP contribution in [0.2, 0.25) is 0 Å².